The number of aromatic nitrogens is 2. The van der Waals surface area contributed by atoms with Gasteiger partial charge >= 0.3 is 0 Å². The molecule has 0 saturated carbocycles. The Kier molecular flexibility index (Phi) is 7.51. The van der Waals surface area contributed by atoms with E-state index in [9.17, 15) is 17.6 Å². The van der Waals surface area contributed by atoms with E-state index >= 15 is 0 Å². The number of rotatable bonds is 6. The van der Waals surface area contributed by atoms with Crippen LogP contribution in [0.2, 0.25) is 5.15 Å². The summed E-state index contributed by atoms with van der Waals surface area (Å²) in [5, 5.41) is 0.0881. The van der Waals surface area contributed by atoms with Crippen LogP contribution in [-0.4, -0.2) is 68.0 Å². The predicted octanol–water partition coefficient (Wildman–Crippen LogP) is 2.27. The van der Waals surface area contributed by atoms with Gasteiger partial charge in [0.1, 0.15) is 16.7 Å². The molecule has 1 aromatic heterocycles. The second-order valence-electron chi connectivity index (χ2n) is 9.54. The lowest BCUT2D eigenvalue weighted by Crippen LogP contribution is -3.13. The van der Waals surface area contributed by atoms with Crippen molar-refractivity contribution in [3.8, 4) is 0 Å². The summed E-state index contributed by atoms with van der Waals surface area (Å²) in [5.41, 5.74) is 2.88. The van der Waals surface area contributed by atoms with E-state index in [0.29, 0.717) is 26.2 Å². The summed E-state index contributed by atoms with van der Waals surface area (Å²) >= 11 is 5.79. The third-order valence-corrected chi connectivity index (χ3v) is 8.70. The van der Waals surface area contributed by atoms with Crippen molar-refractivity contribution < 1.29 is 22.5 Å². The molecular weight excluding hydrogens is 531 g/mol. The number of anilines is 2. The lowest BCUT2D eigenvalue weighted by Gasteiger charge is -2.38. The van der Waals surface area contributed by atoms with E-state index in [0.717, 1.165) is 41.2 Å². The molecule has 0 aliphatic carbocycles. The molecule has 2 aliphatic rings. The van der Waals surface area contributed by atoms with E-state index in [-0.39, 0.29) is 33.6 Å². The van der Waals surface area contributed by atoms with Gasteiger partial charge in [0, 0.05) is 49.9 Å². The predicted molar refractivity (Wildman–Crippen MR) is 143 cm³/mol. The van der Waals surface area contributed by atoms with Crippen LogP contribution in [0, 0.1) is 5.82 Å². The quantitative estimate of drug-likeness (QED) is 0.481. The van der Waals surface area contributed by atoms with Gasteiger partial charge in [-0.1, -0.05) is 11.6 Å². The summed E-state index contributed by atoms with van der Waals surface area (Å²) in [6.45, 7) is 5.21. The zero-order chi connectivity index (χ0) is 26.9. The highest BCUT2D eigenvalue weighted by atomic mass is 35.5. The molecule has 0 spiro atoms. The summed E-state index contributed by atoms with van der Waals surface area (Å²) < 4.78 is 41.5. The number of sulfonamides is 1. The number of quaternary nitrogens is 1. The number of amides is 1. The molecule has 1 saturated heterocycles. The molecule has 200 valence electrons. The molecule has 5 rings (SSSR count). The van der Waals surface area contributed by atoms with Crippen LogP contribution >= 0.6 is 11.6 Å². The van der Waals surface area contributed by atoms with Crippen molar-refractivity contribution in [2.24, 2.45) is 0 Å². The fraction of sp³-hybridized carbons (Fsp3) is 0.346. The smallest absolute Gasteiger partial charge is 0.281 e. The Labute approximate surface area is 226 Å². The maximum absolute atomic E-state index is 13.7. The van der Waals surface area contributed by atoms with Gasteiger partial charge in [0.25, 0.3) is 15.9 Å². The largest absolute Gasteiger partial charge is 0.368 e. The van der Waals surface area contributed by atoms with Crippen LogP contribution < -0.4 is 14.5 Å². The van der Waals surface area contributed by atoms with Gasteiger partial charge in [-0.2, -0.15) is 0 Å². The third-order valence-electron chi connectivity index (χ3n) is 7.15. The van der Waals surface area contributed by atoms with Crippen molar-refractivity contribution >= 4 is 44.7 Å². The van der Waals surface area contributed by atoms with Gasteiger partial charge in [-0.05, 0) is 49.7 Å². The first-order chi connectivity index (χ1) is 18.2. The number of nitrogens with one attached hydrogen (secondary N) is 2. The second kappa shape index (κ2) is 10.8. The molecule has 38 heavy (non-hydrogen) atoms. The van der Waals surface area contributed by atoms with Crippen LogP contribution in [-0.2, 0) is 21.2 Å². The van der Waals surface area contributed by atoms with Crippen LogP contribution in [0.4, 0.5) is 21.6 Å². The summed E-state index contributed by atoms with van der Waals surface area (Å²) in [6.07, 6.45) is 4.36. The fourth-order valence-corrected chi connectivity index (χ4v) is 6.30. The van der Waals surface area contributed by atoms with E-state index in [1.807, 2.05) is 17.9 Å². The monoisotopic (exact) mass is 559 g/mol. The maximum atomic E-state index is 13.7. The van der Waals surface area contributed by atoms with Crippen LogP contribution in [0.1, 0.15) is 18.9 Å². The Bertz CT molecular complexity index is 1430. The molecule has 0 bridgehead atoms. The van der Waals surface area contributed by atoms with E-state index in [1.54, 1.807) is 18.2 Å². The molecule has 3 aromatic rings. The fourth-order valence-electron chi connectivity index (χ4n) is 5.17. The molecule has 3 heterocycles. The molecule has 2 aromatic carbocycles. The molecular formula is C26H29ClFN6O3S+. The molecule has 1 fully saturated rings. The van der Waals surface area contributed by atoms with Crippen molar-refractivity contribution in [2.75, 3.05) is 42.3 Å². The van der Waals surface area contributed by atoms with Gasteiger partial charge in [0.05, 0.1) is 23.8 Å². The Hall–Kier alpha value is -3.28. The van der Waals surface area contributed by atoms with E-state index < -0.39 is 10.0 Å². The number of piperazine rings is 1. The maximum Gasteiger partial charge on any atom is 0.281 e. The Balaban J connectivity index is 1.19. The molecule has 2 atom stereocenters. The Morgan fingerprint density at radius 2 is 1.84 bits per heavy atom. The molecule has 9 nitrogen and oxygen atoms in total. The van der Waals surface area contributed by atoms with Crippen LogP contribution in [0.15, 0.2) is 59.8 Å². The van der Waals surface area contributed by atoms with Crippen molar-refractivity contribution in [1.82, 2.24) is 14.9 Å². The molecule has 12 heteroatoms. The number of nitrogens with zero attached hydrogens (tertiary/aromatic N) is 4. The molecule has 1 amide bonds. The number of carbonyl (C=O) groups is 1. The highest BCUT2D eigenvalue weighted by Gasteiger charge is 2.35. The minimum atomic E-state index is -3.85. The standard InChI is InChI=1S/C26H28ClFN6O3S/c1-18(34-10-2-3-19-15-20(28)4-9-23(19)34)26(35)33-13-11-32(12-14-33)21-5-7-22(8-6-21)38(36,37)31-25-17-29-16-24(27)30-25/h4-9,15-18H,2-3,10-14H2,1H3,(H,30,31)/p+1/t18-/m1/s1. The van der Waals surface area contributed by atoms with Crippen LogP contribution in [0.5, 0.6) is 0 Å². The highest BCUT2D eigenvalue weighted by molar-refractivity contribution is 7.92. The summed E-state index contributed by atoms with van der Waals surface area (Å²) in [6, 6.07) is 11.2. The third kappa shape index (κ3) is 5.59. The van der Waals surface area contributed by atoms with Crippen molar-refractivity contribution in [2.45, 2.75) is 30.7 Å². The average Bonchev–Trinajstić information content (AvgIpc) is 2.91. The topological polar surface area (TPSA) is 99.9 Å². The van der Waals surface area contributed by atoms with Crippen LogP contribution in [0.25, 0.3) is 0 Å². The summed E-state index contributed by atoms with van der Waals surface area (Å²) in [7, 11) is -3.85. The van der Waals surface area contributed by atoms with Gasteiger partial charge < -0.3 is 9.80 Å². The SMILES string of the molecule is C[C@H](C(=O)N1CCN(c2ccc(S(=O)(=O)Nc3cncc(Cl)n3)cc2)CC1)[NH+]1CCCc2cc(F)ccc21. The lowest BCUT2D eigenvalue weighted by molar-refractivity contribution is -0.851. The minimum absolute atomic E-state index is 0.0404. The van der Waals surface area contributed by atoms with Crippen molar-refractivity contribution in [3.05, 3.63) is 71.4 Å². The zero-order valence-corrected chi connectivity index (χ0v) is 22.5. The van der Waals surface area contributed by atoms with Crippen molar-refractivity contribution in [3.63, 3.8) is 0 Å². The van der Waals surface area contributed by atoms with Gasteiger partial charge in [0.2, 0.25) is 0 Å². The number of aryl methyl sites for hydroxylation is 1. The van der Waals surface area contributed by atoms with Crippen LogP contribution in [0.3, 0.4) is 0 Å². The Morgan fingerprint density at radius 3 is 2.55 bits per heavy atom. The number of benzene rings is 2. The highest BCUT2D eigenvalue weighted by Crippen LogP contribution is 2.22. The van der Waals surface area contributed by atoms with E-state index in [1.165, 1.54) is 30.6 Å². The average molecular weight is 560 g/mol. The first-order valence-electron chi connectivity index (χ1n) is 12.5. The molecule has 2 aliphatic heterocycles. The first kappa shape index (κ1) is 26.3. The molecule has 1 unspecified atom stereocenters. The molecule has 0 radical (unpaired) electrons. The van der Waals surface area contributed by atoms with Gasteiger partial charge in [-0.15, -0.1) is 0 Å². The van der Waals surface area contributed by atoms with E-state index in [2.05, 4.69) is 19.6 Å². The van der Waals surface area contributed by atoms with Crippen molar-refractivity contribution in [1.29, 1.82) is 0 Å². The Morgan fingerprint density at radius 1 is 1.11 bits per heavy atom. The number of hydrogen-bond donors (Lipinski definition) is 2. The summed E-state index contributed by atoms with van der Waals surface area (Å²) in [4.78, 5) is 26.3. The summed E-state index contributed by atoms with van der Waals surface area (Å²) in [5.74, 6) is -0.107. The first-order valence-corrected chi connectivity index (χ1v) is 14.4. The lowest BCUT2D eigenvalue weighted by atomic mass is 9.99. The second-order valence-corrected chi connectivity index (χ2v) is 11.6. The normalized spacial score (nSPS) is 18.6. The zero-order valence-electron chi connectivity index (χ0n) is 20.9. The van der Waals surface area contributed by atoms with E-state index in [4.69, 9.17) is 11.6 Å². The van der Waals surface area contributed by atoms with Gasteiger partial charge in [-0.3, -0.25) is 19.4 Å². The number of halogens is 2. The molecule has 2 N–H and O–H groups in total. The van der Waals surface area contributed by atoms with Gasteiger partial charge in [-0.25, -0.2) is 17.8 Å². The van der Waals surface area contributed by atoms with Gasteiger partial charge in [0.15, 0.2) is 11.9 Å². The number of fused-ring (bicyclic) bond motifs is 1. The number of hydrogen-bond acceptors (Lipinski definition) is 6. The number of carbonyl (C=O) groups excluding carboxylic acids is 1. The minimum Gasteiger partial charge on any atom is -0.368 e.